The van der Waals surface area contributed by atoms with Crippen molar-refractivity contribution in [3.63, 3.8) is 0 Å². The van der Waals surface area contributed by atoms with Crippen LogP contribution in [0.5, 0.6) is 0 Å². The van der Waals surface area contributed by atoms with Crippen LogP contribution in [-0.4, -0.2) is 9.97 Å². The van der Waals surface area contributed by atoms with Crippen LogP contribution in [0.2, 0.25) is 0 Å². The minimum Gasteiger partial charge on any atom is -0.354 e. The molecule has 7 aromatic rings. The summed E-state index contributed by atoms with van der Waals surface area (Å²) in [5.41, 5.74) is 9.44. The topological polar surface area (TPSA) is 55.4 Å². The van der Waals surface area contributed by atoms with Gasteiger partial charge in [0.05, 0.1) is 22.7 Å². The number of aromatic amines is 2. The molecule has 5 aromatic carbocycles. The highest BCUT2D eigenvalue weighted by Crippen LogP contribution is 2.41. The molecule has 0 atom stereocenters. The van der Waals surface area contributed by atoms with E-state index in [0.717, 1.165) is 44.3 Å². The number of benzene rings is 5. The third kappa shape index (κ3) is 2.63. The summed E-state index contributed by atoms with van der Waals surface area (Å²) in [5, 5.41) is 14.5. The van der Waals surface area contributed by atoms with Crippen molar-refractivity contribution in [3.05, 3.63) is 109 Å². The first-order chi connectivity index (χ1) is 16.8. The van der Waals surface area contributed by atoms with Crippen molar-refractivity contribution in [1.82, 2.24) is 9.97 Å². The van der Waals surface area contributed by atoms with E-state index in [9.17, 15) is 5.26 Å². The average molecular weight is 434 g/mol. The van der Waals surface area contributed by atoms with Crippen molar-refractivity contribution in [1.29, 1.82) is 5.26 Å². The van der Waals surface area contributed by atoms with Crippen molar-refractivity contribution >= 4 is 43.6 Å². The van der Waals surface area contributed by atoms with Gasteiger partial charge in [-0.05, 0) is 35.4 Å². The van der Waals surface area contributed by atoms with Gasteiger partial charge in [-0.15, -0.1) is 0 Å². The van der Waals surface area contributed by atoms with E-state index in [1.165, 1.54) is 21.5 Å². The Balaban J connectivity index is 1.57. The van der Waals surface area contributed by atoms with Gasteiger partial charge in [0.2, 0.25) is 0 Å². The summed E-state index contributed by atoms with van der Waals surface area (Å²) in [6.07, 6.45) is 0. The second-order valence-electron chi connectivity index (χ2n) is 8.67. The lowest BCUT2D eigenvalue weighted by atomic mass is 9.91. The fourth-order valence-electron chi connectivity index (χ4n) is 5.27. The molecule has 7 rings (SSSR count). The second-order valence-corrected chi connectivity index (χ2v) is 8.67. The largest absolute Gasteiger partial charge is 0.354 e. The van der Waals surface area contributed by atoms with Gasteiger partial charge in [-0.25, -0.2) is 0 Å². The highest BCUT2D eigenvalue weighted by Gasteiger charge is 2.17. The summed E-state index contributed by atoms with van der Waals surface area (Å²) >= 11 is 0. The molecule has 0 amide bonds. The van der Waals surface area contributed by atoms with E-state index in [0.29, 0.717) is 5.56 Å². The predicted octanol–water partition coefficient (Wildman–Crippen LogP) is 8.16. The zero-order valence-electron chi connectivity index (χ0n) is 18.3. The van der Waals surface area contributed by atoms with Gasteiger partial charge in [0.25, 0.3) is 0 Å². The zero-order valence-corrected chi connectivity index (χ0v) is 18.3. The predicted molar refractivity (Wildman–Crippen MR) is 141 cm³/mol. The number of nitrogens with one attached hydrogen (secondary N) is 2. The number of aromatic nitrogens is 2. The molecule has 34 heavy (non-hydrogen) atoms. The second kappa shape index (κ2) is 7.10. The van der Waals surface area contributed by atoms with Gasteiger partial charge in [-0.1, -0.05) is 78.9 Å². The average Bonchev–Trinajstić information content (AvgIpc) is 3.47. The van der Waals surface area contributed by atoms with Crippen molar-refractivity contribution in [3.8, 4) is 28.3 Å². The normalized spacial score (nSPS) is 11.5. The maximum Gasteiger partial charge on any atom is 0.0991 e. The van der Waals surface area contributed by atoms with Gasteiger partial charge in [0, 0.05) is 43.7 Å². The van der Waals surface area contributed by atoms with E-state index < -0.39 is 0 Å². The molecule has 0 bridgehead atoms. The number of hydrogen-bond donors (Lipinski definition) is 2. The standard InChI is InChI=1S/C31H19N3/c32-18-19-15-16-20(23-9-5-10-24-21-7-1-3-13-28(21)33-30(23)24)27(17-19)26-12-6-11-25-22-8-2-4-14-29(22)34-31(25)26/h1-17,33-34H. The Kier molecular flexibility index (Phi) is 3.91. The lowest BCUT2D eigenvalue weighted by molar-refractivity contribution is 1.47. The molecule has 0 aliphatic rings. The molecule has 0 unspecified atom stereocenters. The number of fused-ring (bicyclic) bond motifs is 6. The maximum atomic E-state index is 9.70. The number of rotatable bonds is 2. The van der Waals surface area contributed by atoms with Crippen LogP contribution in [0.1, 0.15) is 5.56 Å². The van der Waals surface area contributed by atoms with Gasteiger partial charge in [-0.3, -0.25) is 0 Å². The SMILES string of the molecule is N#Cc1ccc(-c2cccc3c2[nH]c2ccccc23)c(-c2cccc3c2[nH]c2ccccc23)c1. The summed E-state index contributed by atoms with van der Waals surface area (Å²) < 4.78 is 0. The fraction of sp³-hybridized carbons (Fsp3) is 0. The van der Waals surface area contributed by atoms with E-state index in [2.05, 4.69) is 107 Å². The molecular weight excluding hydrogens is 414 g/mol. The van der Waals surface area contributed by atoms with Gasteiger partial charge >= 0.3 is 0 Å². The molecule has 2 heterocycles. The molecule has 2 aromatic heterocycles. The van der Waals surface area contributed by atoms with Crippen LogP contribution in [0.25, 0.3) is 65.9 Å². The molecule has 0 aliphatic heterocycles. The van der Waals surface area contributed by atoms with Crippen molar-refractivity contribution in [2.75, 3.05) is 0 Å². The Labute approximate surface area is 195 Å². The molecule has 2 N–H and O–H groups in total. The van der Waals surface area contributed by atoms with Gasteiger partial charge in [0.15, 0.2) is 0 Å². The molecule has 158 valence electrons. The minimum absolute atomic E-state index is 0.649. The number of hydrogen-bond acceptors (Lipinski definition) is 1. The molecule has 0 saturated heterocycles. The monoisotopic (exact) mass is 433 g/mol. The van der Waals surface area contributed by atoms with Crippen LogP contribution in [0.15, 0.2) is 103 Å². The third-order valence-corrected chi connectivity index (χ3v) is 6.81. The third-order valence-electron chi connectivity index (χ3n) is 6.81. The Morgan fingerprint density at radius 3 is 1.59 bits per heavy atom. The lowest BCUT2D eigenvalue weighted by Gasteiger charge is -2.13. The number of nitrogens with zero attached hydrogens (tertiary/aromatic N) is 1. The fourth-order valence-corrected chi connectivity index (χ4v) is 5.27. The molecule has 0 fully saturated rings. The van der Waals surface area contributed by atoms with Crippen LogP contribution in [-0.2, 0) is 0 Å². The minimum atomic E-state index is 0.649. The van der Waals surface area contributed by atoms with E-state index in [-0.39, 0.29) is 0 Å². The quantitative estimate of drug-likeness (QED) is 0.284. The smallest absolute Gasteiger partial charge is 0.0991 e. The van der Waals surface area contributed by atoms with Crippen LogP contribution in [0, 0.1) is 11.3 Å². The van der Waals surface area contributed by atoms with Crippen LogP contribution in [0.4, 0.5) is 0 Å². The van der Waals surface area contributed by atoms with Crippen molar-refractivity contribution in [2.45, 2.75) is 0 Å². The summed E-state index contributed by atoms with van der Waals surface area (Å²) in [5.74, 6) is 0. The molecule has 3 nitrogen and oxygen atoms in total. The molecular formula is C31H19N3. The zero-order chi connectivity index (χ0) is 22.6. The number of para-hydroxylation sites is 4. The van der Waals surface area contributed by atoms with Crippen molar-refractivity contribution < 1.29 is 0 Å². The Morgan fingerprint density at radius 2 is 1.00 bits per heavy atom. The van der Waals surface area contributed by atoms with Crippen LogP contribution >= 0.6 is 0 Å². The summed E-state index contributed by atoms with van der Waals surface area (Å²) in [7, 11) is 0. The van der Waals surface area contributed by atoms with Gasteiger partial charge in [0.1, 0.15) is 0 Å². The first-order valence-corrected chi connectivity index (χ1v) is 11.4. The lowest BCUT2D eigenvalue weighted by Crippen LogP contribution is -1.90. The van der Waals surface area contributed by atoms with Crippen LogP contribution < -0.4 is 0 Å². The first kappa shape index (κ1) is 18.7. The number of H-pyrrole nitrogens is 2. The first-order valence-electron chi connectivity index (χ1n) is 11.4. The van der Waals surface area contributed by atoms with Gasteiger partial charge < -0.3 is 9.97 Å². The molecule has 0 saturated carbocycles. The van der Waals surface area contributed by atoms with E-state index in [1.54, 1.807) is 0 Å². The van der Waals surface area contributed by atoms with E-state index >= 15 is 0 Å². The molecule has 0 aliphatic carbocycles. The maximum absolute atomic E-state index is 9.70. The van der Waals surface area contributed by atoms with E-state index in [4.69, 9.17) is 0 Å². The van der Waals surface area contributed by atoms with E-state index in [1.807, 2.05) is 12.1 Å². The Hall–Kier alpha value is -4.81. The highest BCUT2D eigenvalue weighted by molar-refractivity contribution is 6.15. The van der Waals surface area contributed by atoms with Crippen molar-refractivity contribution in [2.24, 2.45) is 0 Å². The summed E-state index contributed by atoms with van der Waals surface area (Å²) in [6, 6.07) is 38.0. The molecule has 0 spiro atoms. The Morgan fingerprint density at radius 1 is 0.471 bits per heavy atom. The summed E-state index contributed by atoms with van der Waals surface area (Å²) in [6.45, 7) is 0. The number of nitriles is 1. The Bertz CT molecular complexity index is 1930. The summed E-state index contributed by atoms with van der Waals surface area (Å²) in [4.78, 5) is 7.27. The molecule has 0 radical (unpaired) electrons. The van der Waals surface area contributed by atoms with Gasteiger partial charge in [-0.2, -0.15) is 5.26 Å². The van der Waals surface area contributed by atoms with Crippen LogP contribution in [0.3, 0.4) is 0 Å². The highest BCUT2D eigenvalue weighted by atomic mass is 14.7. The molecule has 3 heteroatoms.